The maximum absolute atomic E-state index is 5.12. The standard InChI is InChI=1S/C12H21N3O/c1-10-9-14-15(7-8-16-2)12(10)11-3-5-13-6-4-11/h9,11,13H,3-8H2,1-2H3. The lowest BCUT2D eigenvalue weighted by atomic mass is 9.92. The Bertz CT molecular complexity index is 329. The number of hydrogen-bond donors (Lipinski definition) is 1. The van der Waals surface area contributed by atoms with Crippen molar-refractivity contribution in [3.05, 3.63) is 17.5 Å². The van der Waals surface area contributed by atoms with Gasteiger partial charge in [0.25, 0.3) is 0 Å². The minimum absolute atomic E-state index is 0.667. The van der Waals surface area contributed by atoms with Crippen molar-refractivity contribution in [2.24, 2.45) is 0 Å². The van der Waals surface area contributed by atoms with Crippen LogP contribution in [0.25, 0.3) is 0 Å². The van der Waals surface area contributed by atoms with E-state index in [1.807, 2.05) is 6.20 Å². The van der Waals surface area contributed by atoms with Crippen molar-refractivity contribution in [1.29, 1.82) is 0 Å². The second-order valence-electron chi connectivity index (χ2n) is 4.45. The van der Waals surface area contributed by atoms with E-state index in [-0.39, 0.29) is 0 Å². The molecule has 2 rings (SSSR count). The van der Waals surface area contributed by atoms with Crippen LogP contribution in [0.3, 0.4) is 0 Å². The van der Waals surface area contributed by atoms with E-state index in [2.05, 4.69) is 22.0 Å². The molecule has 0 spiro atoms. The fraction of sp³-hybridized carbons (Fsp3) is 0.750. The fourth-order valence-corrected chi connectivity index (χ4v) is 2.47. The van der Waals surface area contributed by atoms with Crippen LogP contribution in [0.1, 0.15) is 30.0 Å². The molecule has 1 aromatic rings. The molecule has 2 heterocycles. The van der Waals surface area contributed by atoms with Crippen molar-refractivity contribution in [1.82, 2.24) is 15.1 Å². The Balaban J connectivity index is 2.13. The third-order valence-corrected chi connectivity index (χ3v) is 3.31. The number of aryl methyl sites for hydroxylation is 1. The molecular formula is C12H21N3O. The number of hydrogen-bond acceptors (Lipinski definition) is 3. The van der Waals surface area contributed by atoms with Crippen LogP contribution < -0.4 is 5.32 Å². The molecule has 1 N–H and O–H groups in total. The minimum Gasteiger partial charge on any atom is -0.383 e. The quantitative estimate of drug-likeness (QED) is 0.836. The third-order valence-electron chi connectivity index (χ3n) is 3.31. The molecule has 0 saturated carbocycles. The normalized spacial score (nSPS) is 17.9. The van der Waals surface area contributed by atoms with Crippen LogP contribution in [0.2, 0.25) is 0 Å². The van der Waals surface area contributed by atoms with Crippen LogP contribution >= 0.6 is 0 Å². The van der Waals surface area contributed by atoms with E-state index >= 15 is 0 Å². The lowest BCUT2D eigenvalue weighted by Crippen LogP contribution is -2.28. The topological polar surface area (TPSA) is 39.1 Å². The number of rotatable bonds is 4. The summed E-state index contributed by atoms with van der Waals surface area (Å²) in [6.45, 7) is 6.01. The maximum Gasteiger partial charge on any atom is 0.0658 e. The monoisotopic (exact) mass is 223 g/mol. The van der Waals surface area contributed by atoms with Crippen molar-refractivity contribution in [3.8, 4) is 0 Å². The fourth-order valence-electron chi connectivity index (χ4n) is 2.47. The van der Waals surface area contributed by atoms with Gasteiger partial charge in [0.2, 0.25) is 0 Å². The summed E-state index contributed by atoms with van der Waals surface area (Å²) >= 11 is 0. The first-order chi connectivity index (χ1) is 7.83. The molecule has 1 fully saturated rings. The number of nitrogens with one attached hydrogen (secondary N) is 1. The molecule has 0 aromatic carbocycles. The zero-order valence-electron chi connectivity index (χ0n) is 10.2. The first-order valence-corrected chi connectivity index (χ1v) is 6.05. The minimum atomic E-state index is 0.667. The Morgan fingerprint density at radius 2 is 2.25 bits per heavy atom. The molecule has 0 amide bonds. The average Bonchev–Trinajstić information content (AvgIpc) is 2.69. The lowest BCUT2D eigenvalue weighted by molar-refractivity contribution is 0.181. The van der Waals surface area contributed by atoms with Crippen LogP contribution in [-0.2, 0) is 11.3 Å². The summed E-state index contributed by atoms with van der Waals surface area (Å²) < 4.78 is 7.24. The Labute approximate surface area is 97.0 Å². The molecule has 90 valence electrons. The van der Waals surface area contributed by atoms with Crippen molar-refractivity contribution in [2.75, 3.05) is 26.8 Å². The van der Waals surface area contributed by atoms with E-state index in [0.29, 0.717) is 5.92 Å². The van der Waals surface area contributed by atoms with E-state index in [1.165, 1.54) is 24.1 Å². The SMILES string of the molecule is COCCn1ncc(C)c1C1CCNCC1. The second kappa shape index (κ2) is 5.46. The zero-order valence-corrected chi connectivity index (χ0v) is 10.2. The Morgan fingerprint density at radius 3 is 2.94 bits per heavy atom. The first kappa shape index (κ1) is 11.6. The largest absolute Gasteiger partial charge is 0.383 e. The average molecular weight is 223 g/mol. The predicted molar refractivity (Wildman–Crippen MR) is 63.7 cm³/mol. The molecule has 0 unspecified atom stereocenters. The van der Waals surface area contributed by atoms with Gasteiger partial charge in [0, 0.05) is 18.7 Å². The highest BCUT2D eigenvalue weighted by Gasteiger charge is 2.21. The smallest absolute Gasteiger partial charge is 0.0658 e. The van der Waals surface area contributed by atoms with Gasteiger partial charge in [0.05, 0.1) is 19.3 Å². The van der Waals surface area contributed by atoms with E-state index in [4.69, 9.17) is 4.74 Å². The molecule has 0 atom stereocenters. The highest BCUT2D eigenvalue weighted by Crippen LogP contribution is 2.27. The van der Waals surface area contributed by atoms with E-state index < -0.39 is 0 Å². The highest BCUT2D eigenvalue weighted by atomic mass is 16.5. The molecule has 0 bridgehead atoms. The lowest BCUT2D eigenvalue weighted by Gasteiger charge is -2.24. The molecule has 4 heteroatoms. The van der Waals surface area contributed by atoms with Crippen molar-refractivity contribution < 1.29 is 4.74 Å². The van der Waals surface area contributed by atoms with Crippen molar-refractivity contribution in [3.63, 3.8) is 0 Å². The van der Waals surface area contributed by atoms with E-state index in [9.17, 15) is 0 Å². The summed E-state index contributed by atoms with van der Waals surface area (Å²) in [6, 6.07) is 0. The second-order valence-corrected chi connectivity index (χ2v) is 4.45. The zero-order chi connectivity index (χ0) is 11.4. The van der Waals surface area contributed by atoms with Crippen LogP contribution in [0.15, 0.2) is 6.20 Å². The number of aromatic nitrogens is 2. The van der Waals surface area contributed by atoms with Gasteiger partial charge in [-0.2, -0.15) is 5.10 Å². The number of piperidine rings is 1. The number of nitrogens with zero attached hydrogens (tertiary/aromatic N) is 2. The molecule has 0 aliphatic carbocycles. The van der Waals surface area contributed by atoms with Gasteiger partial charge in [-0.1, -0.05) is 0 Å². The molecule has 16 heavy (non-hydrogen) atoms. The van der Waals surface area contributed by atoms with E-state index in [1.54, 1.807) is 7.11 Å². The maximum atomic E-state index is 5.12. The van der Waals surface area contributed by atoms with Gasteiger partial charge in [0.15, 0.2) is 0 Å². The van der Waals surface area contributed by atoms with Gasteiger partial charge in [-0.15, -0.1) is 0 Å². The Kier molecular flexibility index (Phi) is 3.96. The molecule has 0 radical (unpaired) electrons. The molecular weight excluding hydrogens is 202 g/mol. The van der Waals surface area contributed by atoms with Crippen molar-refractivity contribution in [2.45, 2.75) is 32.2 Å². The summed E-state index contributed by atoms with van der Waals surface area (Å²) in [5.41, 5.74) is 2.74. The van der Waals surface area contributed by atoms with Crippen LogP contribution in [0.4, 0.5) is 0 Å². The summed E-state index contributed by atoms with van der Waals surface area (Å²) in [5.74, 6) is 0.667. The molecule has 1 aliphatic rings. The molecule has 1 aromatic heterocycles. The predicted octanol–water partition coefficient (Wildman–Crippen LogP) is 1.30. The third kappa shape index (κ3) is 2.44. The molecule has 1 aliphatic heterocycles. The van der Waals surface area contributed by atoms with Gasteiger partial charge < -0.3 is 10.1 Å². The van der Waals surface area contributed by atoms with Crippen LogP contribution in [-0.4, -0.2) is 36.6 Å². The summed E-state index contributed by atoms with van der Waals surface area (Å²) in [6.07, 6.45) is 4.42. The van der Waals surface area contributed by atoms with Crippen LogP contribution in [0.5, 0.6) is 0 Å². The Morgan fingerprint density at radius 1 is 1.50 bits per heavy atom. The van der Waals surface area contributed by atoms with Gasteiger partial charge in [-0.25, -0.2) is 0 Å². The van der Waals surface area contributed by atoms with Crippen LogP contribution in [0, 0.1) is 6.92 Å². The van der Waals surface area contributed by atoms with E-state index in [0.717, 1.165) is 26.2 Å². The summed E-state index contributed by atoms with van der Waals surface area (Å²) in [7, 11) is 1.74. The molecule has 4 nitrogen and oxygen atoms in total. The van der Waals surface area contributed by atoms with Gasteiger partial charge in [-0.05, 0) is 38.4 Å². The number of methoxy groups -OCH3 is 1. The van der Waals surface area contributed by atoms with Crippen molar-refractivity contribution >= 4 is 0 Å². The highest BCUT2D eigenvalue weighted by molar-refractivity contribution is 5.21. The van der Waals surface area contributed by atoms with Gasteiger partial charge >= 0.3 is 0 Å². The first-order valence-electron chi connectivity index (χ1n) is 6.05. The van der Waals surface area contributed by atoms with Gasteiger partial charge in [-0.3, -0.25) is 4.68 Å². The number of ether oxygens (including phenoxy) is 1. The Hall–Kier alpha value is -0.870. The van der Waals surface area contributed by atoms with Gasteiger partial charge in [0.1, 0.15) is 0 Å². The summed E-state index contributed by atoms with van der Waals surface area (Å²) in [5, 5.41) is 7.85. The molecule has 1 saturated heterocycles. The summed E-state index contributed by atoms with van der Waals surface area (Å²) in [4.78, 5) is 0.